The van der Waals surface area contributed by atoms with Crippen molar-refractivity contribution >= 4 is 11.6 Å². The van der Waals surface area contributed by atoms with E-state index in [1.807, 2.05) is 42.5 Å². The smallest absolute Gasteiger partial charge is 0.173 e. The van der Waals surface area contributed by atoms with Gasteiger partial charge in [0.05, 0.1) is 11.5 Å². The van der Waals surface area contributed by atoms with Gasteiger partial charge in [0, 0.05) is 12.3 Å². The molecule has 0 saturated heterocycles. The van der Waals surface area contributed by atoms with Crippen LogP contribution in [0.1, 0.15) is 54.9 Å². The molecule has 0 N–H and O–H groups in total. The number of rotatable bonds is 6. The van der Waals surface area contributed by atoms with Gasteiger partial charge < -0.3 is 9.53 Å². The van der Waals surface area contributed by atoms with Crippen molar-refractivity contribution in [3.63, 3.8) is 0 Å². The largest absolute Gasteiger partial charge is 0.488 e. The van der Waals surface area contributed by atoms with Crippen LogP contribution in [0.5, 0.6) is 5.75 Å². The lowest BCUT2D eigenvalue weighted by molar-refractivity contribution is -0.117. The molecule has 3 rings (SSSR count). The summed E-state index contributed by atoms with van der Waals surface area (Å²) in [5, 5.41) is 0. The number of fused-ring (bicyclic) bond motifs is 1. The molecule has 0 amide bonds. The zero-order valence-corrected chi connectivity index (χ0v) is 14.8. The zero-order chi connectivity index (χ0) is 17.8. The molecule has 3 atom stereocenters. The molecule has 0 radical (unpaired) electrons. The summed E-state index contributed by atoms with van der Waals surface area (Å²) in [6, 6.07) is 17.6. The van der Waals surface area contributed by atoms with Crippen LogP contribution in [-0.4, -0.2) is 17.7 Å². The van der Waals surface area contributed by atoms with Crippen molar-refractivity contribution in [1.82, 2.24) is 0 Å². The Balaban J connectivity index is 1.98. The molecule has 0 aromatic heterocycles. The maximum atomic E-state index is 13.1. The second-order valence-electron chi connectivity index (χ2n) is 6.72. The predicted octanol–water partition coefficient (Wildman–Crippen LogP) is 4.81. The Bertz CT molecular complexity index is 751. The molecule has 25 heavy (non-hydrogen) atoms. The summed E-state index contributed by atoms with van der Waals surface area (Å²) in [5.41, 5.74) is 1.81. The quantitative estimate of drug-likeness (QED) is 0.760. The topological polar surface area (TPSA) is 43.4 Å². The lowest BCUT2D eigenvalue weighted by atomic mass is 9.76. The Kier molecular flexibility index (Phi) is 5.32. The molecule has 1 aliphatic heterocycles. The highest BCUT2D eigenvalue weighted by atomic mass is 16.5. The van der Waals surface area contributed by atoms with Gasteiger partial charge >= 0.3 is 0 Å². The van der Waals surface area contributed by atoms with E-state index in [2.05, 4.69) is 19.1 Å². The monoisotopic (exact) mass is 336 g/mol. The van der Waals surface area contributed by atoms with Gasteiger partial charge in [0.15, 0.2) is 5.78 Å². The second-order valence-corrected chi connectivity index (χ2v) is 6.72. The van der Waals surface area contributed by atoms with E-state index in [1.165, 1.54) is 5.56 Å². The first-order chi connectivity index (χ1) is 12.1. The minimum Gasteiger partial charge on any atom is -0.488 e. The normalized spacial score (nSPS) is 20.5. The highest BCUT2D eigenvalue weighted by molar-refractivity contribution is 6.01. The first-order valence-corrected chi connectivity index (χ1v) is 8.96. The van der Waals surface area contributed by atoms with Gasteiger partial charge in [-0.2, -0.15) is 0 Å². The highest BCUT2D eigenvalue weighted by Crippen LogP contribution is 2.40. The minimum absolute atomic E-state index is 0.0995. The van der Waals surface area contributed by atoms with E-state index in [-0.39, 0.29) is 29.5 Å². The fourth-order valence-electron chi connectivity index (χ4n) is 3.73. The van der Waals surface area contributed by atoms with Gasteiger partial charge in [0.1, 0.15) is 17.6 Å². The SMILES string of the molecule is CCC(c1ccccc1)[C@@H]1Oc2ccccc2C(=O)C1CCC(C)=O. The average molecular weight is 336 g/mol. The summed E-state index contributed by atoms with van der Waals surface area (Å²) < 4.78 is 6.32. The lowest BCUT2D eigenvalue weighted by Crippen LogP contribution is -2.42. The Morgan fingerprint density at radius 3 is 2.44 bits per heavy atom. The third-order valence-corrected chi connectivity index (χ3v) is 5.02. The third kappa shape index (κ3) is 3.65. The fraction of sp³-hybridized carbons (Fsp3) is 0.364. The molecule has 2 aromatic rings. The molecule has 0 spiro atoms. The van der Waals surface area contributed by atoms with Crippen LogP contribution in [0.3, 0.4) is 0 Å². The molecule has 0 saturated carbocycles. The van der Waals surface area contributed by atoms with Crippen LogP contribution in [0.4, 0.5) is 0 Å². The van der Waals surface area contributed by atoms with Crippen LogP contribution >= 0.6 is 0 Å². The highest BCUT2D eigenvalue weighted by Gasteiger charge is 2.41. The number of hydrogen-bond acceptors (Lipinski definition) is 3. The summed E-state index contributed by atoms with van der Waals surface area (Å²) >= 11 is 0. The number of ketones is 2. The summed E-state index contributed by atoms with van der Waals surface area (Å²) in [4.78, 5) is 24.6. The molecule has 0 fully saturated rings. The number of Topliss-reactive ketones (excluding diaryl/α,β-unsaturated/α-hetero) is 2. The van der Waals surface area contributed by atoms with Crippen LogP contribution in [0, 0.1) is 5.92 Å². The second kappa shape index (κ2) is 7.64. The third-order valence-electron chi connectivity index (χ3n) is 5.02. The van der Waals surface area contributed by atoms with Crippen molar-refractivity contribution in [3.8, 4) is 5.75 Å². The molecule has 2 unspecified atom stereocenters. The van der Waals surface area contributed by atoms with Crippen molar-refractivity contribution in [1.29, 1.82) is 0 Å². The standard InChI is InChI=1S/C22H24O3/c1-3-17(16-9-5-4-6-10-16)22-19(14-13-15(2)23)21(24)18-11-7-8-12-20(18)25-22/h4-12,17,19,22H,3,13-14H2,1-2H3/t17?,19?,22-/m0/s1. The van der Waals surface area contributed by atoms with Crippen molar-refractivity contribution in [2.24, 2.45) is 5.92 Å². The van der Waals surface area contributed by atoms with E-state index in [4.69, 9.17) is 4.74 Å². The maximum Gasteiger partial charge on any atom is 0.173 e. The molecular weight excluding hydrogens is 312 g/mol. The van der Waals surface area contributed by atoms with Gasteiger partial charge in [-0.15, -0.1) is 0 Å². The number of carbonyl (C=O) groups is 2. The fourth-order valence-corrected chi connectivity index (χ4v) is 3.73. The predicted molar refractivity (Wildman–Crippen MR) is 98.1 cm³/mol. The van der Waals surface area contributed by atoms with Crippen LogP contribution in [0.2, 0.25) is 0 Å². The Morgan fingerprint density at radius 1 is 1.08 bits per heavy atom. The van der Waals surface area contributed by atoms with Gasteiger partial charge in [0.2, 0.25) is 0 Å². The number of hydrogen-bond donors (Lipinski definition) is 0. The number of benzene rings is 2. The van der Waals surface area contributed by atoms with Crippen LogP contribution in [0.15, 0.2) is 54.6 Å². The molecule has 0 aliphatic carbocycles. The van der Waals surface area contributed by atoms with Crippen molar-refractivity contribution < 1.29 is 14.3 Å². The van der Waals surface area contributed by atoms with Crippen LogP contribution < -0.4 is 4.74 Å². The van der Waals surface area contributed by atoms with Crippen LogP contribution in [-0.2, 0) is 4.79 Å². The molecule has 1 heterocycles. The molecule has 2 aromatic carbocycles. The maximum absolute atomic E-state index is 13.1. The summed E-state index contributed by atoms with van der Waals surface area (Å²) in [7, 11) is 0. The molecule has 3 heteroatoms. The van der Waals surface area contributed by atoms with E-state index in [0.29, 0.717) is 24.2 Å². The number of carbonyl (C=O) groups excluding carboxylic acids is 2. The van der Waals surface area contributed by atoms with Crippen molar-refractivity contribution in [3.05, 3.63) is 65.7 Å². The minimum atomic E-state index is -0.288. The van der Waals surface area contributed by atoms with Crippen LogP contribution in [0.25, 0.3) is 0 Å². The molecule has 0 bridgehead atoms. The van der Waals surface area contributed by atoms with Gasteiger partial charge in [0.25, 0.3) is 0 Å². The first-order valence-electron chi connectivity index (χ1n) is 8.96. The number of ether oxygens (including phenoxy) is 1. The van der Waals surface area contributed by atoms with Gasteiger partial charge in [-0.1, -0.05) is 49.4 Å². The number of para-hydroxylation sites is 1. The summed E-state index contributed by atoms with van der Waals surface area (Å²) in [6.07, 6.45) is 1.58. The van der Waals surface area contributed by atoms with E-state index in [0.717, 1.165) is 6.42 Å². The Labute approximate surface area is 149 Å². The molecule has 130 valence electrons. The van der Waals surface area contributed by atoms with Gasteiger partial charge in [-0.25, -0.2) is 0 Å². The lowest BCUT2D eigenvalue weighted by Gasteiger charge is -2.37. The zero-order valence-electron chi connectivity index (χ0n) is 14.8. The van der Waals surface area contributed by atoms with Gasteiger partial charge in [-0.05, 0) is 37.5 Å². The van der Waals surface area contributed by atoms with E-state index >= 15 is 0 Å². The Morgan fingerprint density at radius 2 is 1.76 bits per heavy atom. The Hall–Kier alpha value is -2.42. The van der Waals surface area contributed by atoms with E-state index in [9.17, 15) is 9.59 Å². The molecular formula is C22H24O3. The first kappa shape index (κ1) is 17.4. The van der Waals surface area contributed by atoms with Crippen molar-refractivity contribution in [2.45, 2.75) is 45.1 Å². The summed E-state index contributed by atoms with van der Waals surface area (Å²) in [6.45, 7) is 3.69. The molecule has 3 nitrogen and oxygen atoms in total. The average Bonchev–Trinajstić information content (AvgIpc) is 2.63. The van der Waals surface area contributed by atoms with E-state index in [1.54, 1.807) is 6.92 Å². The van der Waals surface area contributed by atoms with Crippen molar-refractivity contribution in [2.75, 3.05) is 0 Å². The summed E-state index contributed by atoms with van der Waals surface area (Å²) in [5.74, 6) is 0.700. The van der Waals surface area contributed by atoms with Gasteiger partial charge in [-0.3, -0.25) is 4.79 Å². The van der Waals surface area contributed by atoms with E-state index < -0.39 is 0 Å². The molecule has 1 aliphatic rings.